The van der Waals surface area contributed by atoms with E-state index in [1.165, 1.54) is 17.7 Å². The van der Waals surface area contributed by atoms with E-state index in [1.54, 1.807) is 0 Å². The Morgan fingerprint density at radius 1 is 1.10 bits per heavy atom. The van der Waals surface area contributed by atoms with Gasteiger partial charge in [-0.25, -0.2) is 4.79 Å². The van der Waals surface area contributed by atoms with Crippen molar-refractivity contribution in [1.29, 1.82) is 0 Å². The number of carboxylic acids is 1. The van der Waals surface area contributed by atoms with Crippen LogP contribution in [-0.4, -0.2) is 21.0 Å². The van der Waals surface area contributed by atoms with Gasteiger partial charge in [0.15, 0.2) is 5.09 Å². The lowest BCUT2D eigenvalue weighted by atomic mass is 10.1. The number of aromatic carboxylic acids is 1. The van der Waals surface area contributed by atoms with Crippen LogP contribution in [0.3, 0.4) is 0 Å². The second kappa shape index (κ2) is 7.05. The summed E-state index contributed by atoms with van der Waals surface area (Å²) in [5.74, 6) is -0.825. The van der Waals surface area contributed by atoms with Crippen LogP contribution in [0.4, 0.5) is 0 Å². The highest BCUT2D eigenvalue weighted by atomic mass is 32.2. The van der Waals surface area contributed by atoms with Crippen LogP contribution in [-0.2, 0) is 17.2 Å². The van der Waals surface area contributed by atoms with Gasteiger partial charge in [-0.2, -0.15) is 0 Å². The van der Waals surface area contributed by atoms with E-state index in [1.807, 2.05) is 18.2 Å². The monoisotopic (exact) mass is 292 g/mol. The lowest BCUT2D eigenvalue weighted by Crippen LogP contribution is -1.98. The van der Waals surface area contributed by atoms with Crippen LogP contribution in [0.5, 0.6) is 0 Å². The molecular formula is C15H16O4S. The smallest absolute Gasteiger partial charge is 0.371 e. The molecule has 0 spiro atoms. The number of benzene rings is 1. The molecule has 4 nitrogen and oxygen atoms in total. The summed E-state index contributed by atoms with van der Waals surface area (Å²) >= 11 is 0. The molecule has 0 saturated carbocycles. The van der Waals surface area contributed by atoms with Gasteiger partial charge in [0.05, 0.1) is 10.8 Å². The summed E-state index contributed by atoms with van der Waals surface area (Å²) in [6, 6.07) is 12.9. The first kappa shape index (κ1) is 14.5. The number of carbonyl (C=O) groups is 1. The molecule has 1 aromatic heterocycles. The summed E-state index contributed by atoms with van der Waals surface area (Å²) in [5, 5.41) is 8.97. The maximum Gasteiger partial charge on any atom is 0.371 e. The molecule has 2 rings (SSSR count). The van der Waals surface area contributed by atoms with Crippen molar-refractivity contribution in [3.63, 3.8) is 0 Å². The van der Waals surface area contributed by atoms with Crippen LogP contribution in [0.1, 0.15) is 29.0 Å². The van der Waals surface area contributed by atoms with E-state index >= 15 is 0 Å². The van der Waals surface area contributed by atoms with Crippen molar-refractivity contribution < 1.29 is 18.5 Å². The Balaban J connectivity index is 1.76. The van der Waals surface area contributed by atoms with Gasteiger partial charge in [-0.05, 0) is 37.0 Å². The predicted molar refractivity (Wildman–Crippen MR) is 76.3 cm³/mol. The molecule has 2 aromatic rings. The average molecular weight is 292 g/mol. The fraction of sp³-hybridized carbons (Fsp3) is 0.267. The van der Waals surface area contributed by atoms with Gasteiger partial charge >= 0.3 is 5.97 Å². The maximum absolute atomic E-state index is 11.9. The minimum Gasteiger partial charge on any atom is -0.475 e. The molecule has 0 aliphatic heterocycles. The first-order chi connectivity index (χ1) is 9.66. The first-order valence-electron chi connectivity index (χ1n) is 6.42. The predicted octanol–water partition coefficient (Wildman–Crippen LogP) is 3.11. The minimum atomic E-state index is -1.27. The lowest BCUT2D eigenvalue weighted by Gasteiger charge is -2.01. The zero-order valence-corrected chi connectivity index (χ0v) is 11.8. The number of hydrogen-bond acceptors (Lipinski definition) is 3. The van der Waals surface area contributed by atoms with Crippen molar-refractivity contribution >= 4 is 16.8 Å². The highest BCUT2D eigenvalue weighted by molar-refractivity contribution is 7.84. The summed E-state index contributed by atoms with van der Waals surface area (Å²) in [4.78, 5) is 10.7. The van der Waals surface area contributed by atoms with Gasteiger partial charge in [0, 0.05) is 5.75 Å². The van der Waals surface area contributed by atoms with Crippen LogP contribution in [0.15, 0.2) is 52.0 Å². The summed E-state index contributed by atoms with van der Waals surface area (Å²) < 4.78 is 16.9. The summed E-state index contributed by atoms with van der Waals surface area (Å²) in [7, 11) is -1.27. The van der Waals surface area contributed by atoms with E-state index in [4.69, 9.17) is 9.52 Å². The molecule has 1 heterocycles. The quantitative estimate of drug-likeness (QED) is 0.796. The number of rotatable bonds is 7. The molecular weight excluding hydrogens is 276 g/mol. The topological polar surface area (TPSA) is 67.5 Å². The van der Waals surface area contributed by atoms with Crippen LogP contribution >= 0.6 is 0 Å². The van der Waals surface area contributed by atoms with Crippen molar-refractivity contribution in [2.24, 2.45) is 0 Å². The van der Waals surface area contributed by atoms with Crippen molar-refractivity contribution in [1.82, 2.24) is 0 Å². The van der Waals surface area contributed by atoms with Crippen LogP contribution in [0.2, 0.25) is 0 Å². The minimum absolute atomic E-state index is 0.169. The first-order valence-corrected chi connectivity index (χ1v) is 7.74. The molecule has 0 saturated heterocycles. The van der Waals surface area contributed by atoms with E-state index in [0.717, 1.165) is 19.3 Å². The SMILES string of the molecule is O=C(O)c1ccc(S(=O)CCCCc2ccccc2)o1. The van der Waals surface area contributed by atoms with E-state index in [2.05, 4.69) is 12.1 Å². The molecule has 20 heavy (non-hydrogen) atoms. The van der Waals surface area contributed by atoms with Crippen molar-refractivity contribution in [3.05, 3.63) is 53.8 Å². The molecule has 1 unspecified atom stereocenters. The number of furan rings is 1. The largest absolute Gasteiger partial charge is 0.475 e. The van der Waals surface area contributed by atoms with E-state index in [9.17, 15) is 9.00 Å². The van der Waals surface area contributed by atoms with E-state index in [-0.39, 0.29) is 10.9 Å². The van der Waals surface area contributed by atoms with Gasteiger partial charge in [-0.15, -0.1) is 0 Å². The molecule has 0 radical (unpaired) electrons. The van der Waals surface area contributed by atoms with Gasteiger partial charge < -0.3 is 9.52 Å². The molecule has 0 aliphatic rings. The molecule has 0 fully saturated rings. The third-order valence-electron chi connectivity index (χ3n) is 2.90. The number of hydrogen-bond donors (Lipinski definition) is 1. The van der Waals surface area contributed by atoms with Crippen molar-refractivity contribution in [2.75, 3.05) is 5.75 Å². The van der Waals surface area contributed by atoms with Gasteiger partial charge in [0.2, 0.25) is 5.76 Å². The number of carboxylic acid groups (broad SMARTS) is 1. The zero-order chi connectivity index (χ0) is 14.4. The second-order valence-electron chi connectivity index (χ2n) is 4.42. The highest BCUT2D eigenvalue weighted by Gasteiger charge is 2.13. The van der Waals surface area contributed by atoms with Crippen molar-refractivity contribution in [3.8, 4) is 0 Å². The van der Waals surface area contributed by atoms with Crippen LogP contribution in [0, 0.1) is 0 Å². The Labute approximate surface area is 119 Å². The Bertz CT molecular complexity index is 589. The second-order valence-corrected chi connectivity index (χ2v) is 5.92. The third kappa shape index (κ3) is 4.06. The Morgan fingerprint density at radius 2 is 1.85 bits per heavy atom. The summed E-state index contributed by atoms with van der Waals surface area (Å²) in [6.45, 7) is 0. The maximum atomic E-state index is 11.9. The third-order valence-corrected chi connectivity index (χ3v) is 4.23. The Morgan fingerprint density at radius 3 is 2.50 bits per heavy atom. The Hall–Kier alpha value is -1.88. The fourth-order valence-electron chi connectivity index (χ4n) is 1.87. The molecule has 1 aromatic carbocycles. The molecule has 5 heteroatoms. The molecule has 106 valence electrons. The molecule has 1 atom stereocenters. The standard InChI is InChI=1S/C15H16O4S/c16-15(17)13-9-10-14(19-13)20(18)11-5-4-8-12-6-2-1-3-7-12/h1-3,6-7,9-10H,4-5,8,11H2,(H,16,17). The van der Waals surface area contributed by atoms with Crippen molar-refractivity contribution in [2.45, 2.75) is 24.4 Å². The van der Waals surface area contributed by atoms with Crippen LogP contribution < -0.4 is 0 Å². The molecule has 0 amide bonds. The van der Waals surface area contributed by atoms with Crippen LogP contribution in [0.25, 0.3) is 0 Å². The number of unbranched alkanes of at least 4 members (excludes halogenated alkanes) is 1. The fourth-order valence-corrected chi connectivity index (χ4v) is 2.94. The van der Waals surface area contributed by atoms with Gasteiger partial charge in [0.1, 0.15) is 0 Å². The van der Waals surface area contributed by atoms with Gasteiger partial charge in [0.25, 0.3) is 0 Å². The Kier molecular flexibility index (Phi) is 5.12. The van der Waals surface area contributed by atoms with E-state index < -0.39 is 16.8 Å². The molecule has 0 aliphatic carbocycles. The summed E-state index contributed by atoms with van der Waals surface area (Å²) in [5.41, 5.74) is 1.27. The summed E-state index contributed by atoms with van der Waals surface area (Å²) in [6.07, 6.45) is 2.71. The highest BCUT2D eigenvalue weighted by Crippen LogP contribution is 2.14. The van der Waals surface area contributed by atoms with E-state index in [0.29, 0.717) is 5.75 Å². The number of aryl methyl sites for hydroxylation is 1. The zero-order valence-electron chi connectivity index (χ0n) is 11.0. The van der Waals surface area contributed by atoms with Gasteiger partial charge in [-0.1, -0.05) is 30.3 Å². The average Bonchev–Trinajstić information content (AvgIpc) is 2.94. The lowest BCUT2D eigenvalue weighted by molar-refractivity contribution is 0.0656. The molecule has 0 bridgehead atoms. The molecule has 1 N–H and O–H groups in total. The van der Waals surface area contributed by atoms with Gasteiger partial charge in [-0.3, -0.25) is 4.21 Å². The normalized spacial score (nSPS) is 12.2.